The molecule has 0 saturated carbocycles. The summed E-state index contributed by atoms with van der Waals surface area (Å²) in [6, 6.07) is 25.2. The van der Waals surface area contributed by atoms with Gasteiger partial charge in [-0.2, -0.15) is 0 Å². The largest absolute Gasteiger partial charge is 0.297 e. The van der Waals surface area contributed by atoms with Crippen molar-refractivity contribution in [2.24, 2.45) is 0 Å². The van der Waals surface area contributed by atoms with Gasteiger partial charge in [0.05, 0.1) is 0 Å². The van der Waals surface area contributed by atoms with E-state index in [9.17, 15) is 8.96 Å². The molecule has 0 aliphatic heterocycles. The summed E-state index contributed by atoms with van der Waals surface area (Å²) in [5.41, 5.74) is 0.927. The van der Waals surface area contributed by atoms with Gasteiger partial charge in [-0.15, -0.1) is 0 Å². The highest BCUT2D eigenvalue weighted by atomic mass is 31.2. The molecule has 3 aromatic rings. The van der Waals surface area contributed by atoms with Gasteiger partial charge in [0, 0.05) is 16.7 Å². The van der Waals surface area contributed by atoms with E-state index in [4.69, 9.17) is 0 Å². The molecule has 0 aliphatic rings. The molecule has 0 aliphatic carbocycles. The molecule has 1 N–H and O–H groups in total. The van der Waals surface area contributed by atoms with Gasteiger partial charge in [0.1, 0.15) is 5.82 Å². The van der Waals surface area contributed by atoms with Gasteiger partial charge in [-0.25, -0.2) is 4.39 Å². The van der Waals surface area contributed by atoms with Crippen LogP contribution < -0.4 is 15.7 Å². The predicted octanol–water partition coefficient (Wildman–Crippen LogP) is 4.80. The molecule has 2 nitrogen and oxygen atoms in total. The average Bonchev–Trinajstić information content (AvgIpc) is 2.68. The van der Waals surface area contributed by atoms with Crippen molar-refractivity contribution in [3.63, 3.8) is 0 Å². The van der Waals surface area contributed by atoms with Crippen LogP contribution in [0.3, 0.4) is 0 Å². The standard InChI is InChI=1S/C21H21FNOP/c1-2-21(17-13-15-18(22)16-14-17)23-25(24,19-9-5-3-6-10-19)20-11-7-4-8-12-20/h3-16,21H,2H2,1H3,(H,23,24)/t21-/m1/s1. The third-order valence-electron chi connectivity index (χ3n) is 4.26. The summed E-state index contributed by atoms with van der Waals surface area (Å²) in [4.78, 5) is 0. The molecule has 0 aromatic heterocycles. The Morgan fingerprint density at radius 3 is 1.76 bits per heavy atom. The summed E-state index contributed by atoms with van der Waals surface area (Å²) >= 11 is 0. The quantitative estimate of drug-likeness (QED) is 0.645. The normalized spacial score (nSPS) is 12.7. The lowest BCUT2D eigenvalue weighted by atomic mass is 10.1. The minimum absolute atomic E-state index is 0.133. The topological polar surface area (TPSA) is 29.1 Å². The van der Waals surface area contributed by atoms with E-state index in [0.717, 1.165) is 22.6 Å². The van der Waals surface area contributed by atoms with Crippen molar-refractivity contribution in [2.75, 3.05) is 0 Å². The minimum Gasteiger partial charge on any atom is -0.297 e. The van der Waals surface area contributed by atoms with Gasteiger partial charge in [-0.3, -0.25) is 9.65 Å². The number of benzene rings is 3. The molecule has 0 saturated heterocycles. The van der Waals surface area contributed by atoms with Crippen LogP contribution in [-0.2, 0) is 4.57 Å². The number of hydrogen-bond acceptors (Lipinski definition) is 1. The fourth-order valence-corrected chi connectivity index (χ4v) is 5.44. The number of halogens is 1. The molecule has 25 heavy (non-hydrogen) atoms. The third kappa shape index (κ3) is 3.89. The van der Waals surface area contributed by atoms with E-state index in [1.807, 2.05) is 67.6 Å². The second kappa shape index (κ2) is 7.77. The molecule has 0 unspecified atom stereocenters. The zero-order chi connectivity index (χ0) is 17.7. The first-order valence-electron chi connectivity index (χ1n) is 8.38. The second-order valence-corrected chi connectivity index (χ2v) is 8.43. The summed E-state index contributed by atoms with van der Waals surface area (Å²) < 4.78 is 27.3. The van der Waals surface area contributed by atoms with Crippen LogP contribution in [0.2, 0.25) is 0 Å². The van der Waals surface area contributed by atoms with Gasteiger partial charge in [0.25, 0.3) is 0 Å². The first kappa shape index (κ1) is 17.6. The van der Waals surface area contributed by atoms with E-state index in [1.165, 1.54) is 12.1 Å². The Morgan fingerprint density at radius 2 is 1.32 bits per heavy atom. The Labute approximate surface area is 148 Å². The van der Waals surface area contributed by atoms with Crippen LogP contribution in [-0.4, -0.2) is 0 Å². The highest BCUT2D eigenvalue weighted by molar-refractivity contribution is 7.76. The van der Waals surface area contributed by atoms with Crippen molar-refractivity contribution >= 4 is 17.9 Å². The van der Waals surface area contributed by atoms with Crippen LogP contribution in [0.15, 0.2) is 84.9 Å². The van der Waals surface area contributed by atoms with Crippen molar-refractivity contribution in [3.05, 3.63) is 96.3 Å². The Kier molecular flexibility index (Phi) is 5.47. The van der Waals surface area contributed by atoms with Crippen LogP contribution in [0.25, 0.3) is 0 Å². The summed E-state index contributed by atoms with van der Waals surface area (Å²) in [5.74, 6) is -0.270. The lowest BCUT2D eigenvalue weighted by molar-refractivity contribution is 0.555. The Bertz CT molecular complexity index is 807. The molecular formula is C21H21FNOP. The zero-order valence-corrected chi connectivity index (χ0v) is 15.0. The van der Waals surface area contributed by atoms with Gasteiger partial charge < -0.3 is 0 Å². The molecule has 1 atom stereocenters. The van der Waals surface area contributed by atoms with Gasteiger partial charge >= 0.3 is 0 Å². The SMILES string of the molecule is CC[C@@H](NP(=O)(c1ccccc1)c1ccccc1)c1ccc(F)cc1. The summed E-state index contributed by atoms with van der Waals surface area (Å²) in [6.45, 7) is 2.03. The average molecular weight is 353 g/mol. The number of hydrogen-bond donors (Lipinski definition) is 1. The summed E-state index contributed by atoms with van der Waals surface area (Å²) in [7, 11) is -3.02. The molecular weight excluding hydrogens is 332 g/mol. The second-order valence-electron chi connectivity index (χ2n) is 5.92. The molecule has 0 spiro atoms. The molecule has 3 aromatic carbocycles. The molecule has 4 heteroatoms. The van der Waals surface area contributed by atoms with Crippen molar-refractivity contribution < 1.29 is 8.96 Å². The monoisotopic (exact) mass is 353 g/mol. The Balaban J connectivity index is 2.03. The van der Waals surface area contributed by atoms with Gasteiger partial charge in [0.15, 0.2) is 0 Å². The summed E-state index contributed by atoms with van der Waals surface area (Å²) in [6.07, 6.45) is 0.745. The first-order chi connectivity index (χ1) is 12.1. The van der Waals surface area contributed by atoms with Crippen LogP contribution >= 0.6 is 7.29 Å². The smallest absolute Gasteiger partial charge is 0.205 e. The van der Waals surface area contributed by atoms with Gasteiger partial charge in [-0.05, 0) is 48.4 Å². The van der Waals surface area contributed by atoms with Gasteiger partial charge in [-0.1, -0.05) is 55.5 Å². The molecule has 0 heterocycles. The van der Waals surface area contributed by atoms with Crippen molar-refractivity contribution in [3.8, 4) is 0 Å². The van der Waals surface area contributed by atoms with Crippen LogP contribution in [0.5, 0.6) is 0 Å². The third-order valence-corrected chi connectivity index (χ3v) is 6.98. The molecule has 0 bridgehead atoms. The van der Waals surface area contributed by atoms with E-state index < -0.39 is 7.29 Å². The lowest BCUT2D eigenvalue weighted by Gasteiger charge is -2.26. The highest BCUT2D eigenvalue weighted by Crippen LogP contribution is 2.42. The van der Waals surface area contributed by atoms with Crippen molar-refractivity contribution in [1.82, 2.24) is 5.09 Å². The maximum atomic E-state index is 14.0. The van der Waals surface area contributed by atoms with Crippen LogP contribution in [0.1, 0.15) is 24.9 Å². The molecule has 3 rings (SSSR count). The zero-order valence-electron chi connectivity index (χ0n) is 14.1. The fraction of sp³-hybridized carbons (Fsp3) is 0.143. The van der Waals surface area contributed by atoms with Crippen LogP contribution in [0.4, 0.5) is 4.39 Å². The Morgan fingerprint density at radius 1 is 0.840 bits per heavy atom. The predicted molar refractivity (Wildman–Crippen MR) is 102 cm³/mol. The van der Waals surface area contributed by atoms with E-state index in [0.29, 0.717) is 0 Å². The number of rotatable bonds is 6. The minimum atomic E-state index is -3.02. The molecule has 0 fully saturated rings. The highest BCUT2D eigenvalue weighted by Gasteiger charge is 2.30. The molecule has 128 valence electrons. The van der Waals surface area contributed by atoms with Crippen LogP contribution in [0, 0.1) is 5.82 Å². The fourth-order valence-electron chi connectivity index (χ4n) is 2.89. The van der Waals surface area contributed by atoms with Gasteiger partial charge in [0.2, 0.25) is 7.29 Å². The summed E-state index contributed by atoms with van der Waals surface area (Å²) in [5, 5.41) is 4.91. The molecule has 0 radical (unpaired) electrons. The maximum absolute atomic E-state index is 14.0. The van der Waals surface area contributed by atoms with E-state index in [2.05, 4.69) is 5.09 Å². The maximum Gasteiger partial charge on any atom is 0.205 e. The van der Waals surface area contributed by atoms with E-state index in [-0.39, 0.29) is 11.9 Å². The van der Waals surface area contributed by atoms with E-state index in [1.54, 1.807) is 12.1 Å². The molecule has 0 amide bonds. The Hall–Kier alpha value is -2.22. The van der Waals surface area contributed by atoms with Crippen molar-refractivity contribution in [1.29, 1.82) is 0 Å². The van der Waals surface area contributed by atoms with E-state index >= 15 is 0 Å². The first-order valence-corrected chi connectivity index (χ1v) is 10.1. The lowest BCUT2D eigenvalue weighted by Crippen LogP contribution is -2.30. The van der Waals surface area contributed by atoms with Crippen molar-refractivity contribution in [2.45, 2.75) is 19.4 Å². The number of nitrogens with one attached hydrogen (secondary N) is 1.